The van der Waals surface area contributed by atoms with E-state index in [0.717, 1.165) is 6.42 Å². The van der Waals surface area contributed by atoms with Gasteiger partial charge in [-0.25, -0.2) is 0 Å². The lowest BCUT2D eigenvalue weighted by Gasteiger charge is -2.20. The van der Waals surface area contributed by atoms with Gasteiger partial charge in [-0.1, -0.05) is 24.3 Å². The number of hydrogen-bond acceptors (Lipinski definition) is 3. The van der Waals surface area contributed by atoms with Gasteiger partial charge in [0.05, 0.1) is 0 Å². The van der Waals surface area contributed by atoms with Gasteiger partial charge >= 0.3 is 0 Å². The van der Waals surface area contributed by atoms with Gasteiger partial charge in [-0.3, -0.25) is 4.79 Å². The highest BCUT2D eigenvalue weighted by Crippen LogP contribution is 2.36. The van der Waals surface area contributed by atoms with E-state index in [-0.39, 0.29) is 5.56 Å². The van der Waals surface area contributed by atoms with Crippen LogP contribution >= 0.6 is 11.3 Å². The standard InChI is InChI=1S/C20H22N2OS/c1-13(18-12-24-19-5-3-2-4-17(18)19)22-16-8-6-14(10-16)15-7-9-20(23)21-11-15/h2-5,7,9,11-14,16,22H,6,8,10H2,1H3,(H,21,23)/t13-,14+,16?/m1/s1. The molecule has 1 unspecified atom stereocenters. The van der Waals surface area contributed by atoms with Crippen LogP contribution in [0.3, 0.4) is 0 Å². The van der Waals surface area contributed by atoms with E-state index in [2.05, 4.69) is 46.9 Å². The monoisotopic (exact) mass is 338 g/mol. The molecule has 0 radical (unpaired) electrons. The molecule has 0 bridgehead atoms. The van der Waals surface area contributed by atoms with Crippen molar-refractivity contribution in [3.05, 3.63) is 69.5 Å². The van der Waals surface area contributed by atoms with Crippen LogP contribution in [0.5, 0.6) is 0 Å². The average Bonchev–Trinajstić information content (AvgIpc) is 3.22. The van der Waals surface area contributed by atoms with Gasteiger partial charge in [-0.15, -0.1) is 11.3 Å². The van der Waals surface area contributed by atoms with Crippen LogP contribution in [0, 0.1) is 0 Å². The summed E-state index contributed by atoms with van der Waals surface area (Å²) >= 11 is 1.83. The van der Waals surface area contributed by atoms with Crippen molar-refractivity contribution < 1.29 is 0 Å². The molecule has 3 aromatic rings. The Balaban J connectivity index is 1.44. The molecule has 2 aromatic heterocycles. The van der Waals surface area contributed by atoms with Crippen LogP contribution in [0.1, 0.15) is 49.3 Å². The van der Waals surface area contributed by atoms with Gasteiger partial charge in [0.25, 0.3) is 0 Å². The van der Waals surface area contributed by atoms with Crippen molar-refractivity contribution in [3.8, 4) is 0 Å². The molecule has 3 atom stereocenters. The second-order valence-corrected chi connectivity index (χ2v) is 7.68. The van der Waals surface area contributed by atoms with Gasteiger partial charge in [0.1, 0.15) is 0 Å². The predicted molar refractivity (Wildman–Crippen MR) is 101 cm³/mol. The van der Waals surface area contributed by atoms with Crippen molar-refractivity contribution in [2.75, 3.05) is 0 Å². The van der Waals surface area contributed by atoms with Crippen molar-refractivity contribution in [3.63, 3.8) is 0 Å². The van der Waals surface area contributed by atoms with Crippen LogP contribution in [0.4, 0.5) is 0 Å². The maximum Gasteiger partial charge on any atom is 0.247 e. The zero-order valence-electron chi connectivity index (χ0n) is 13.8. The highest BCUT2D eigenvalue weighted by molar-refractivity contribution is 7.17. The first-order chi connectivity index (χ1) is 11.7. The molecule has 0 amide bonds. The first kappa shape index (κ1) is 15.6. The SMILES string of the molecule is C[C@@H](NC1CC[C@H](c2ccc(=O)[nH]c2)C1)c1csc2ccccc12. The van der Waals surface area contributed by atoms with Gasteiger partial charge in [0.15, 0.2) is 0 Å². The van der Waals surface area contributed by atoms with Gasteiger partial charge in [-0.05, 0) is 60.1 Å². The van der Waals surface area contributed by atoms with E-state index in [9.17, 15) is 4.79 Å². The molecule has 1 aliphatic rings. The van der Waals surface area contributed by atoms with Crippen LogP contribution in [0.25, 0.3) is 10.1 Å². The van der Waals surface area contributed by atoms with Gasteiger partial charge < -0.3 is 10.3 Å². The molecule has 24 heavy (non-hydrogen) atoms. The Labute approximate surface area is 145 Å². The number of thiophene rings is 1. The van der Waals surface area contributed by atoms with Crippen molar-refractivity contribution in [1.82, 2.24) is 10.3 Å². The summed E-state index contributed by atoms with van der Waals surface area (Å²) in [4.78, 5) is 14.0. The number of aromatic nitrogens is 1. The topological polar surface area (TPSA) is 44.9 Å². The quantitative estimate of drug-likeness (QED) is 0.731. The van der Waals surface area contributed by atoms with Crippen molar-refractivity contribution in [1.29, 1.82) is 0 Å². The Kier molecular flexibility index (Phi) is 4.25. The number of hydrogen-bond donors (Lipinski definition) is 2. The van der Waals surface area contributed by atoms with Crippen LogP contribution in [-0.4, -0.2) is 11.0 Å². The van der Waals surface area contributed by atoms with Crippen molar-refractivity contribution in [2.24, 2.45) is 0 Å². The molecule has 1 fully saturated rings. The third-order valence-corrected chi connectivity index (χ3v) is 6.16. The fraction of sp³-hybridized carbons (Fsp3) is 0.350. The molecular formula is C20H22N2OS. The Morgan fingerprint density at radius 3 is 2.92 bits per heavy atom. The van der Waals surface area contributed by atoms with E-state index >= 15 is 0 Å². The van der Waals surface area contributed by atoms with Crippen LogP contribution < -0.4 is 10.9 Å². The fourth-order valence-corrected chi connectivity index (χ4v) is 4.94. The highest BCUT2D eigenvalue weighted by Gasteiger charge is 2.27. The zero-order valence-corrected chi connectivity index (χ0v) is 14.6. The molecule has 0 saturated heterocycles. The lowest BCUT2D eigenvalue weighted by Crippen LogP contribution is -2.29. The molecule has 1 saturated carbocycles. The second kappa shape index (κ2) is 6.54. The molecule has 4 heteroatoms. The number of H-pyrrole nitrogens is 1. The number of fused-ring (bicyclic) bond motifs is 1. The molecule has 1 aromatic carbocycles. The highest BCUT2D eigenvalue weighted by atomic mass is 32.1. The molecule has 2 heterocycles. The molecule has 2 N–H and O–H groups in total. The number of pyridine rings is 1. The normalized spacial score (nSPS) is 22.0. The molecule has 3 nitrogen and oxygen atoms in total. The van der Waals surface area contributed by atoms with E-state index in [1.54, 1.807) is 6.07 Å². The van der Waals surface area contributed by atoms with Gasteiger partial charge in [0.2, 0.25) is 5.56 Å². The second-order valence-electron chi connectivity index (χ2n) is 6.77. The Morgan fingerprint density at radius 1 is 1.21 bits per heavy atom. The molecule has 1 aliphatic carbocycles. The van der Waals surface area contributed by atoms with E-state index in [0.29, 0.717) is 18.0 Å². The number of rotatable bonds is 4. The Hall–Kier alpha value is -1.91. The molecule has 0 spiro atoms. The fourth-order valence-electron chi connectivity index (χ4n) is 3.89. The average molecular weight is 338 g/mol. The maximum atomic E-state index is 11.2. The Morgan fingerprint density at radius 2 is 2.08 bits per heavy atom. The summed E-state index contributed by atoms with van der Waals surface area (Å²) in [5, 5.41) is 7.48. The number of nitrogens with one attached hydrogen (secondary N) is 2. The van der Waals surface area contributed by atoms with E-state index in [1.807, 2.05) is 23.6 Å². The molecule has 0 aliphatic heterocycles. The summed E-state index contributed by atoms with van der Waals surface area (Å²) in [6.07, 6.45) is 5.39. The first-order valence-corrected chi connectivity index (χ1v) is 9.49. The third kappa shape index (κ3) is 3.04. The summed E-state index contributed by atoms with van der Waals surface area (Å²) in [7, 11) is 0. The first-order valence-electron chi connectivity index (χ1n) is 8.61. The van der Waals surface area contributed by atoms with Crippen LogP contribution in [0.2, 0.25) is 0 Å². The van der Waals surface area contributed by atoms with Gasteiger partial charge in [-0.2, -0.15) is 0 Å². The maximum absolute atomic E-state index is 11.2. The molecule has 124 valence electrons. The largest absolute Gasteiger partial charge is 0.329 e. The lowest BCUT2D eigenvalue weighted by molar-refractivity contribution is 0.459. The lowest BCUT2D eigenvalue weighted by atomic mass is 9.99. The minimum Gasteiger partial charge on any atom is -0.329 e. The van der Waals surface area contributed by atoms with E-state index in [4.69, 9.17) is 0 Å². The third-order valence-electron chi connectivity index (χ3n) is 5.18. The summed E-state index contributed by atoms with van der Waals surface area (Å²) in [6, 6.07) is 13.1. The summed E-state index contributed by atoms with van der Waals surface area (Å²) in [5.41, 5.74) is 2.64. The number of aromatic amines is 1. The van der Waals surface area contributed by atoms with Crippen molar-refractivity contribution >= 4 is 21.4 Å². The zero-order chi connectivity index (χ0) is 16.5. The summed E-state index contributed by atoms with van der Waals surface area (Å²) in [6.45, 7) is 2.27. The van der Waals surface area contributed by atoms with Gasteiger partial charge in [0, 0.05) is 29.0 Å². The smallest absolute Gasteiger partial charge is 0.247 e. The van der Waals surface area contributed by atoms with E-state index < -0.39 is 0 Å². The molecule has 4 rings (SSSR count). The number of benzene rings is 1. The minimum absolute atomic E-state index is 0.0237. The van der Waals surface area contributed by atoms with E-state index in [1.165, 1.54) is 34.1 Å². The minimum atomic E-state index is -0.0237. The summed E-state index contributed by atoms with van der Waals surface area (Å²) < 4.78 is 1.36. The molecular weight excluding hydrogens is 316 g/mol. The van der Waals surface area contributed by atoms with Crippen LogP contribution in [0.15, 0.2) is 52.8 Å². The predicted octanol–water partition coefficient (Wildman–Crippen LogP) is 4.58. The Bertz CT molecular complexity index is 877. The van der Waals surface area contributed by atoms with Crippen molar-refractivity contribution in [2.45, 2.75) is 44.2 Å². The summed E-state index contributed by atoms with van der Waals surface area (Å²) in [5.74, 6) is 0.547. The van der Waals surface area contributed by atoms with Crippen LogP contribution in [-0.2, 0) is 0 Å².